The summed E-state index contributed by atoms with van der Waals surface area (Å²) in [5.41, 5.74) is 3.03. The Balaban J connectivity index is 1.57. The van der Waals surface area contributed by atoms with Crippen LogP contribution >= 0.6 is 0 Å². The number of para-hydroxylation sites is 1. The van der Waals surface area contributed by atoms with Gasteiger partial charge in [-0.1, -0.05) is 37.3 Å². The Morgan fingerprint density at radius 1 is 1.03 bits per heavy atom. The lowest BCUT2D eigenvalue weighted by Gasteiger charge is -2.23. The van der Waals surface area contributed by atoms with Crippen LogP contribution in [-0.2, 0) is 13.0 Å². The second-order valence-corrected chi connectivity index (χ2v) is 8.79. The molecule has 184 valence electrons. The molecule has 1 aromatic heterocycles. The van der Waals surface area contributed by atoms with Crippen molar-refractivity contribution in [1.29, 1.82) is 0 Å². The summed E-state index contributed by atoms with van der Waals surface area (Å²) in [6.07, 6.45) is 2.55. The summed E-state index contributed by atoms with van der Waals surface area (Å²) in [7, 11) is 1.59. The van der Waals surface area contributed by atoms with Crippen LogP contribution in [0, 0.1) is 5.82 Å². The van der Waals surface area contributed by atoms with Crippen molar-refractivity contribution in [3.05, 3.63) is 102 Å². The predicted octanol–water partition coefficient (Wildman–Crippen LogP) is 6.18. The first-order valence-electron chi connectivity index (χ1n) is 12.1. The van der Waals surface area contributed by atoms with E-state index in [-0.39, 0.29) is 17.8 Å². The smallest absolute Gasteiger partial charge is 0.254 e. The monoisotopic (exact) mass is 485 g/mol. The number of carbonyl (C=O) groups is 1. The Labute approximate surface area is 209 Å². The van der Waals surface area contributed by atoms with E-state index in [2.05, 4.69) is 0 Å². The van der Waals surface area contributed by atoms with E-state index in [1.807, 2.05) is 54.3 Å². The first-order chi connectivity index (χ1) is 17.6. The zero-order valence-corrected chi connectivity index (χ0v) is 20.4. The minimum absolute atomic E-state index is 0.0670. The maximum Gasteiger partial charge on any atom is 0.254 e. The van der Waals surface area contributed by atoms with Gasteiger partial charge in [0.25, 0.3) is 5.91 Å². The Kier molecular flexibility index (Phi) is 6.71. The Morgan fingerprint density at radius 3 is 2.47 bits per heavy atom. The topological polar surface area (TPSA) is 56.6 Å². The molecule has 1 saturated carbocycles. The molecule has 0 saturated heterocycles. The summed E-state index contributed by atoms with van der Waals surface area (Å²) in [4.78, 5) is 15.5. The number of methoxy groups -OCH3 is 1. The molecule has 1 heterocycles. The highest BCUT2D eigenvalue weighted by Crippen LogP contribution is 2.36. The van der Waals surface area contributed by atoms with Gasteiger partial charge in [0.1, 0.15) is 17.3 Å². The number of ether oxygens (including phenoxy) is 2. The summed E-state index contributed by atoms with van der Waals surface area (Å²) in [6, 6.07) is 23.1. The molecule has 36 heavy (non-hydrogen) atoms. The van der Waals surface area contributed by atoms with Gasteiger partial charge in [0.2, 0.25) is 5.88 Å². The lowest BCUT2D eigenvalue weighted by molar-refractivity contribution is 0.0728. The molecule has 5 rings (SSSR count). The number of nitrogens with zero attached hydrogens (tertiary/aromatic N) is 3. The van der Waals surface area contributed by atoms with Crippen molar-refractivity contribution in [3.63, 3.8) is 0 Å². The van der Waals surface area contributed by atoms with Gasteiger partial charge < -0.3 is 14.4 Å². The van der Waals surface area contributed by atoms with Gasteiger partial charge in [-0.2, -0.15) is 5.10 Å². The Hall–Kier alpha value is -4.13. The molecule has 1 aliphatic rings. The molecule has 0 atom stereocenters. The molecule has 0 N–H and O–H groups in total. The van der Waals surface area contributed by atoms with Crippen LogP contribution in [-0.4, -0.2) is 33.7 Å². The van der Waals surface area contributed by atoms with E-state index in [0.717, 1.165) is 29.8 Å². The molecule has 6 nitrogen and oxygen atoms in total. The maximum atomic E-state index is 14.0. The number of hydrogen-bond acceptors (Lipinski definition) is 4. The highest BCUT2D eigenvalue weighted by Gasteiger charge is 2.35. The SMILES string of the molecule is CCc1nn(-c2ccccc2)c(Oc2cccc(F)c2)c1CN(C(=O)c1cccc(OC)c1)C1CC1. The molecule has 0 unspecified atom stereocenters. The molecule has 1 aliphatic carbocycles. The van der Waals surface area contributed by atoms with Crippen molar-refractivity contribution in [2.24, 2.45) is 0 Å². The van der Waals surface area contributed by atoms with E-state index < -0.39 is 0 Å². The maximum absolute atomic E-state index is 14.0. The molecule has 1 fully saturated rings. The minimum atomic E-state index is -0.386. The molecule has 0 radical (unpaired) electrons. The fourth-order valence-corrected chi connectivity index (χ4v) is 4.26. The van der Waals surface area contributed by atoms with Crippen LogP contribution in [0.3, 0.4) is 0 Å². The van der Waals surface area contributed by atoms with E-state index in [4.69, 9.17) is 14.6 Å². The van der Waals surface area contributed by atoms with Gasteiger partial charge in [-0.25, -0.2) is 9.07 Å². The largest absolute Gasteiger partial charge is 0.497 e. The molecule has 3 aromatic carbocycles. The number of halogens is 1. The zero-order chi connectivity index (χ0) is 25.1. The molecule has 4 aromatic rings. The van der Waals surface area contributed by atoms with Crippen molar-refractivity contribution < 1.29 is 18.7 Å². The molecule has 7 heteroatoms. The second-order valence-electron chi connectivity index (χ2n) is 8.79. The number of hydrogen-bond donors (Lipinski definition) is 0. The quantitative estimate of drug-likeness (QED) is 0.284. The first-order valence-corrected chi connectivity index (χ1v) is 12.1. The zero-order valence-electron chi connectivity index (χ0n) is 20.4. The van der Waals surface area contributed by atoms with Gasteiger partial charge in [0, 0.05) is 17.7 Å². The third-order valence-corrected chi connectivity index (χ3v) is 6.26. The number of aromatic nitrogens is 2. The van der Waals surface area contributed by atoms with Crippen molar-refractivity contribution >= 4 is 5.91 Å². The summed E-state index contributed by atoms with van der Waals surface area (Å²) in [5, 5.41) is 4.85. The first kappa shape index (κ1) is 23.6. The van der Waals surface area contributed by atoms with Crippen molar-refractivity contribution in [3.8, 4) is 23.1 Å². The van der Waals surface area contributed by atoms with Crippen LogP contribution in [0.15, 0.2) is 78.9 Å². The van der Waals surface area contributed by atoms with Gasteiger partial charge in [-0.05, 0) is 61.7 Å². The van der Waals surface area contributed by atoms with Crippen LogP contribution < -0.4 is 9.47 Å². The van der Waals surface area contributed by atoms with E-state index in [0.29, 0.717) is 35.9 Å². The number of rotatable bonds is 9. The highest BCUT2D eigenvalue weighted by molar-refractivity contribution is 5.95. The lowest BCUT2D eigenvalue weighted by atomic mass is 10.1. The number of carbonyl (C=O) groups excluding carboxylic acids is 1. The van der Waals surface area contributed by atoms with E-state index in [9.17, 15) is 9.18 Å². The second kappa shape index (κ2) is 10.2. The highest BCUT2D eigenvalue weighted by atomic mass is 19.1. The Morgan fingerprint density at radius 2 is 1.78 bits per heavy atom. The van der Waals surface area contributed by atoms with Gasteiger partial charge in [-0.3, -0.25) is 4.79 Å². The van der Waals surface area contributed by atoms with Crippen molar-refractivity contribution in [2.45, 2.75) is 38.8 Å². The van der Waals surface area contributed by atoms with Crippen LogP contribution in [0.5, 0.6) is 17.4 Å². The molecule has 0 aliphatic heterocycles. The molecular formula is C29H28FN3O3. The van der Waals surface area contributed by atoms with Crippen molar-refractivity contribution in [2.75, 3.05) is 7.11 Å². The lowest BCUT2D eigenvalue weighted by Crippen LogP contribution is -2.33. The van der Waals surface area contributed by atoms with Gasteiger partial charge in [-0.15, -0.1) is 0 Å². The Bertz CT molecular complexity index is 1370. The normalized spacial score (nSPS) is 12.9. The predicted molar refractivity (Wildman–Crippen MR) is 135 cm³/mol. The van der Waals surface area contributed by atoms with Crippen LogP contribution in [0.1, 0.15) is 41.4 Å². The summed E-state index contributed by atoms with van der Waals surface area (Å²) in [6.45, 7) is 2.36. The summed E-state index contributed by atoms with van der Waals surface area (Å²) >= 11 is 0. The van der Waals surface area contributed by atoms with Crippen LogP contribution in [0.4, 0.5) is 4.39 Å². The summed E-state index contributed by atoms with van der Waals surface area (Å²) in [5.74, 6) is 1.03. The van der Waals surface area contributed by atoms with Gasteiger partial charge in [0.15, 0.2) is 0 Å². The molecular weight excluding hydrogens is 457 g/mol. The third-order valence-electron chi connectivity index (χ3n) is 6.26. The van der Waals surface area contributed by atoms with Gasteiger partial charge >= 0.3 is 0 Å². The molecule has 0 spiro atoms. The number of benzene rings is 3. The number of amides is 1. The van der Waals surface area contributed by atoms with Crippen LogP contribution in [0.2, 0.25) is 0 Å². The van der Waals surface area contributed by atoms with E-state index >= 15 is 0 Å². The van der Waals surface area contributed by atoms with E-state index in [1.54, 1.807) is 36.1 Å². The average molecular weight is 486 g/mol. The average Bonchev–Trinajstić information content (AvgIpc) is 3.70. The van der Waals surface area contributed by atoms with Crippen LogP contribution in [0.25, 0.3) is 5.69 Å². The van der Waals surface area contributed by atoms with E-state index in [1.165, 1.54) is 12.1 Å². The fraction of sp³-hybridized carbons (Fsp3) is 0.241. The minimum Gasteiger partial charge on any atom is -0.497 e. The fourth-order valence-electron chi connectivity index (χ4n) is 4.26. The van der Waals surface area contributed by atoms with Gasteiger partial charge in [0.05, 0.1) is 30.6 Å². The number of aryl methyl sites for hydroxylation is 1. The standard InChI is InChI=1S/C29H28FN3O3/c1-3-27-26(19-32(22-15-16-22)28(34)20-9-7-13-24(17-20)35-2)29(36-25-14-8-10-21(30)18-25)33(31-27)23-11-5-4-6-12-23/h4-14,17-18,22H,3,15-16,19H2,1-2H3. The third kappa shape index (κ3) is 4.96. The molecule has 0 bridgehead atoms. The summed E-state index contributed by atoms with van der Waals surface area (Å²) < 4.78 is 27.3. The molecule has 1 amide bonds. The van der Waals surface area contributed by atoms with Crippen molar-refractivity contribution in [1.82, 2.24) is 14.7 Å².